The number of ether oxygens (including phenoxy) is 1. The molecule has 1 fully saturated rings. The van der Waals surface area contributed by atoms with E-state index in [-0.39, 0.29) is 11.9 Å². The first-order valence-electron chi connectivity index (χ1n) is 7.72. The monoisotopic (exact) mass is 311 g/mol. The molecule has 3 rings (SSSR count). The summed E-state index contributed by atoms with van der Waals surface area (Å²) in [5, 5.41) is 0. The van der Waals surface area contributed by atoms with Crippen molar-refractivity contribution in [3.63, 3.8) is 0 Å². The van der Waals surface area contributed by atoms with Gasteiger partial charge < -0.3 is 9.64 Å². The minimum atomic E-state index is 0.0460. The Balaban J connectivity index is 1.77. The lowest BCUT2D eigenvalue weighted by molar-refractivity contribution is 0.0546. The second-order valence-corrected chi connectivity index (χ2v) is 5.76. The zero-order chi connectivity index (χ0) is 16.2. The number of nitrogens with zero attached hydrogens (tertiary/aromatic N) is 3. The molecule has 0 N–H and O–H groups in total. The molecule has 1 unspecified atom stereocenters. The van der Waals surface area contributed by atoms with Crippen LogP contribution in [0.4, 0.5) is 0 Å². The number of carbonyl (C=O) groups is 1. The largest absolute Gasteiger partial charge is 0.497 e. The molecule has 1 aliphatic rings. The fourth-order valence-electron chi connectivity index (χ4n) is 2.92. The first-order chi connectivity index (χ1) is 11.2. The lowest BCUT2D eigenvalue weighted by atomic mass is 10.0. The molecule has 5 heteroatoms. The molecule has 0 spiro atoms. The number of hydrogen-bond donors (Lipinski definition) is 0. The molecule has 1 saturated heterocycles. The van der Waals surface area contributed by atoms with Gasteiger partial charge in [-0.05, 0) is 36.9 Å². The number of likely N-dealkylation sites (N-methyl/N-ethyl adjacent to an activating group) is 1. The first-order valence-corrected chi connectivity index (χ1v) is 7.72. The summed E-state index contributed by atoms with van der Waals surface area (Å²) < 4.78 is 5.22. The normalized spacial score (nSPS) is 18.7. The van der Waals surface area contributed by atoms with E-state index in [9.17, 15) is 4.79 Å². The molecule has 1 aliphatic heterocycles. The van der Waals surface area contributed by atoms with Crippen molar-refractivity contribution in [3.05, 3.63) is 59.9 Å². The highest BCUT2D eigenvalue weighted by atomic mass is 16.5. The average Bonchev–Trinajstić information content (AvgIpc) is 2.62. The highest BCUT2D eigenvalue weighted by Crippen LogP contribution is 2.26. The molecule has 2 aromatic rings. The Hall–Kier alpha value is -2.40. The van der Waals surface area contributed by atoms with E-state index in [0.29, 0.717) is 12.1 Å². The van der Waals surface area contributed by atoms with E-state index >= 15 is 0 Å². The molecular formula is C18H21N3O2. The van der Waals surface area contributed by atoms with Gasteiger partial charge in [-0.2, -0.15) is 0 Å². The predicted octanol–water partition coefficient (Wildman–Crippen LogP) is 2.22. The lowest BCUT2D eigenvalue weighted by Gasteiger charge is -2.39. The van der Waals surface area contributed by atoms with E-state index in [1.807, 2.05) is 23.1 Å². The van der Waals surface area contributed by atoms with Crippen molar-refractivity contribution in [1.29, 1.82) is 0 Å². The summed E-state index contributed by atoms with van der Waals surface area (Å²) in [6, 6.07) is 11.9. The Labute approximate surface area is 136 Å². The van der Waals surface area contributed by atoms with Crippen LogP contribution >= 0.6 is 0 Å². The molecular weight excluding hydrogens is 290 g/mol. The molecule has 1 atom stereocenters. The van der Waals surface area contributed by atoms with Gasteiger partial charge >= 0.3 is 0 Å². The number of hydrogen-bond acceptors (Lipinski definition) is 4. The molecule has 5 nitrogen and oxygen atoms in total. The van der Waals surface area contributed by atoms with Gasteiger partial charge in [-0.25, -0.2) is 0 Å². The minimum Gasteiger partial charge on any atom is -0.497 e. The zero-order valence-corrected chi connectivity index (χ0v) is 13.5. The second-order valence-electron chi connectivity index (χ2n) is 5.76. The van der Waals surface area contributed by atoms with Gasteiger partial charge in [0.15, 0.2) is 0 Å². The predicted molar refractivity (Wildman–Crippen MR) is 88.5 cm³/mol. The van der Waals surface area contributed by atoms with Crippen molar-refractivity contribution in [1.82, 2.24) is 14.8 Å². The van der Waals surface area contributed by atoms with Gasteiger partial charge in [-0.15, -0.1) is 0 Å². The van der Waals surface area contributed by atoms with Gasteiger partial charge in [-0.1, -0.05) is 12.1 Å². The summed E-state index contributed by atoms with van der Waals surface area (Å²) in [7, 11) is 3.76. The van der Waals surface area contributed by atoms with Gasteiger partial charge in [0.05, 0.1) is 18.7 Å². The van der Waals surface area contributed by atoms with E-state index in [1.54, 1.807) is 25.6 Å². The van der Waals surface area contributed by atoms with Crippen LogP contribution in [0.1, 0.15) is 22.0 Å². The van der Waals surface area contributed by atoms with Crippen LogP contribution in [0.3, 0.4) is 0 Å². The summed E-state index contributed by atoms with van der Waals surface area (Å²) in [6.07, 6.45) is 3.31. The Morgan fingerprint density at radius 3 is 2.65 bits per heavy atom. The standard InChI is InChI=1S/C18H21N3O2/c1-20-10-11-21(18(22)15-4-3-9-19-12-15)13-17(20)14-5-7-16(23-2)8-6-14/h3-9,12,17H,10-11,13H2,1-2H3. The third-order valence-corrected chi connectivity index (χ3v) is 4.34. The van der Waals surface area contributed by atoms with Crippen LogP contribution < -0.4 is 4.74 Å². The smallest absolute Gasteiger partial charge is 0.255 e. The number of aromatic nitrogens is 1. The third kappa shape index (κ3) is 3.35. The average molecular weight is 311 g/mol. The maximum absolute atomic E-state index is 12.6. The highest BCUT2D eigenvalue weighted by Gasteiger charge is 2.29. The van der Waals surface area contributed by atoms with Crippen molar-refractivity contribution in [2.24, 2.45) is 0 Å². The van der Waals surface area contributed by atoms with Gasteiger partial charge in [0, 0.05) is 32.0 Å². The number of carbonyl (C=O) groups excluding carboxylic acids is 1. The van der Waals surface area contributed by atoms with Crippen molar-refractivity contribution in [2.45, 2.75) is 6.04 Å². The van der Waals surface area contributed by atoms with Crippen molar-refractivity contribution < 1.29 is 9.53 Å². The summed E-state index contributed by atoms with van der Waals surface area (Å²) in [5.41, 5.74) is 1.84. The van der Waals surface area contributed by atoms with E-state index in [1.165, 1.54) is 5.56 Å². The molecule has 120 valence electrons. The maximum Gasteiger partial charge on any atom is 0.255 e. The molecule has 1 aromatic heterocycles. The molecule has 0 bridgehead atoms. The third-order valence-electron chi connectivity index (χ3n) is 4.34. The number of rotatable bonds is 3. The van der Waals surface area contributed by atoms with Gasteiger partial charge in [0.1, 0.15) is 5.75 Å². The van der Waals surface area contributed by atoms with Crippen molar-refractivity contribution in [3.8, 4) is 5.75 Å². The fraction of sp³-hybridized carbons (Fsp3) is 0.333. The number of amides is 1. The van der Waals surface area contributed by atoms with E-state index < -0.39 is 0 Å². The molecule has 1 amide bonds. The van der Waals surface area contributed by atoms with Crippen molar-refractivity contribution >= 4 is 5.91 Å². The second kappa shape index (κ2) is 6.79. The molecule has 1 aromatic carbocycles. The molecule has 0 radical (unpaired) electrons. The molecule has 0 aliphatic carbocycles. The Kier molecular flexibility index (Phi) is 4.57. The van der Waals surface area contributed by atoms with Crippen LogP contribution in [0.25, 0.3) is 0 Å². The molecule has 23 heavy (non-hydrogen) atoms. The van der Waals surface area contributed by atoms with E-state index in [0.717, 1.165) is 18.8 Å². The Morgan fingerprint density at radius 2 is 2.00 bits per heavy atom. The van der Waals surface area contributed by atoms with E-state index in [2.05, 4.69) is 29.1 Å². The summed E-state index contributed by atoms with van der Waals surface area (Å²) >= 11 is 0. The van der Waals surface area contributed by atoms with Crippen LogP contribution in [-0.4, -0.2) is 54.5 Å². The van der Waals surface area contributed by atoms with Gasteiger partial charge in [0.2, 0.25) is 0 Å². The van der Waals surface area contributed by atoms with E-state index in [4.69, 9.17) is 4.74 Å². The van der Waals surface area contributed by atoms with Crippen molar-refractivity contribution in [2.75, 3.05) is 33.8 Å². The highest BCUT2D eigenvalue weighted by molar-refractivity contribution is 5.94. The lowest BCUT2D eigenvalue weighted by Crippen LogP contribution is -2.49. The van der Waals surface area contributed by atoms with Crippen LogP contribution in [0.15, 0.2) is 48.8 Å². The Bertz CT molecular complexity index is 658. The zero-order valence-electron chi connectivity index (χ0n) is 13.5. The van der Waals surface area contributed by atoms with Crippen LogP contribution in [-0.2, 0) is 0 Å². The fourth-order valence-corrected chi connectivity index (χ4v) is 2.92. The SMILES string of the molecule is COc1ccc(C2CN(C(=O)c3cccnc3)CCN2C)cc1. The number of methoxy groups -OCH3 is 1. The Morgan fingerprint density at radius 1 is 1.22 bits per heavy atom. The van der Waals surface area contributed by atoms with Crippen LogP contribution in [0, 0.1) is 0 Å². The maximum atomic E-state index is 12.6. The van der Waals surface area contributed by atoms with Gasteiger partial charge in [0.25, 0.3) is 5.91 Å². The van der Waals surface area contributed by atoms with Crippen LogP contribution in [0.5, 0.6) is 5.75 Å². The molecule has 2 heterocycles. The minimum absolute atomic E-state index is 0.0460. The first kappa shape index (κ1) is 15.5. The summed E-state index contributed by atoms with van der Waals surface area (Å²) in [5.74, 6) is 0.889. The van der Waals surface area contributed by atoms with Gasteiger partial charge in [-0.3, -0.25) is 14.7 Å². The quantitative estimate of drug-likeness (QED) is 0.872. The summed E-state index contributed by atoms with van der Waals surface area (Å²) in [4.78, 5) is 20.9. The number of piperazine rings is 1. The topological polar surface area (TPSA) is 45.7 Å². The number of benzene rings is 1. The van der Waals surface area contributed by atoms with Crippen LogP contribution in [0.2, 0.25) is 0 Å². The number of pyridine rings is 1. The summed E-state index contributed by atoms with van der Waals surface area (Å²) in [6.45, 7) is 2.26. The molecule has 0 saturated carbocycles.